The minimum absolute atomic E-state index is 0.0507. The number of amides is 2. The third-order valence-electron chi connectivity index (χ3n) is 7.54. The molecule has 2 amide bonds. The van der Waals surface area contributed by atoms with E-state index in [1.807, 2.05) is 38.1 Å². The number of carboxylic acid groups (broad SMARTS) is 1. The zero-order valence-corrected chi connectivity index (χ0v) is 19.9. The predicted octanol–water partition coefficient (Wildman–Crippen LogP) is 3.25. The van der Waals surface area contributed by atoms with Crippen LogP contribution in [0.5, 0.6) is 0 Å². The first-order valence-electron chi connectivity index (χ1n) is 12.0. The molecule has 1 aliphatic carbocycles. The molecule has 2 fully saturated rings. The van der Waals surface area contributed by atoms with Crippen LogP contribution < -0.4 is 5.32 Å². The molecule has 2 saturated heterocycles. The van der Waals surface area contributed by atoms with Crippen molar-refractivity contribution in [3.05, 3.63) is 59.7 Å². The van der Waals surface area contributed by atoms with Crippen molar-refractivity contribution < 1.29 is 29.0 Å². The SMILES string of the molecule is CC1(C)CN(C(=O)[C@H]2OCC[C@H]2NC(=O)OCC2c3ccccc3-c3ccccc32)CC1C(=O)O. The van der Waals surface area contributed by atoms with Gasteiger partial charge >= 0.3 is 12.1 Å². The number of benzene rings is 2. The number of rotatable bonds is 5. The van der Waals surface area contributed by atoms with Gasteiger partial charge in [0.05, 0.1) is 12.0 Å². The molecule has 0 bridgehead atoms. The van der Waals surface area contributed by atoms with E-state index in [1.54, 1.807) is 4.90 Å². The maximum atomic E-state index is 13.2. The van der Waals surface area contributed by atoms with Crippen LogP contribution in [0.1, 0.15) is 37.3 Å². The van der Waals surface area contributed by atoms with Gasteiger partial charge in [0, 0.05) is 25.6 Å². The summed E-state index contributed by atoms with van der Waals surface area (Å²) in [4.78, 5) is 39.0. The number of nitrogens with zero attached hydrogens (tertiary/aromatic N) is 1. The number of nitrogens with one attached hydrogen (secondary N) is 1. The highest BCUT2D eigenvalue weighted by molar-refractivity contribution is 5.85. The molecule has 35 heavy (non-hydrogen) atoms. The van der Waals surface area contributed by atoms with Gasteiger partial charge in [-0.05, 0) is 34.1 Å². The van der Waals surface area contributed by atoms with Crippen molar-refractivity contribution in [3.8, 4) is 11.1 Å². The van der Waals surface area contributed by atoms with Gasteiger partial charge in [-0.3, -0.25) is 9.59 Å². The summed E-state index contributed by atoms with van der Waals surface area (Å²) in [5.41, 5.74) is 4.03. The molecule has 2 heterocycles. The third kappa shape index (κ3) is 4.27. The number of aliphatic carboxylic acids is 1. The van der Waals surface area contributed by atoms with E-state index in [2.05, 4.69) is 29.6 Å². The van der Waals surface area contributed by atoms with Crippen LogP contribution in [0.2, 0.25) is 0 Å². The number of likely N-dealkylation sites (tertiary alicyclic amines) is 1. The minimum Gasteiger partial charge on any atom is -0.481 e. The Morgan fingerprint density at radius 2 is 1.71 bits per heavy atom. The summed E-state index contributed by atoms with van der Waals surface area (Å²) in [7, 11) is 0. The van der Waals surface area contributed by atoms with Crippen LogP contribution in [0.25, 0.3) is 11.1 Å². The molecule has 2 aromatic rings. The molecule has 8 heteroatoms. The van der Waals surface area contributed by atoms with Crippen LogP contribution in [0.3, 0.4) is 0 Å². The number of alkyl carbamates (subject to hydrolysis) is 1. The molecular weight excluding hydrogens is 448 g/mol. The quantitative estimate of drug-likeness (QED) is 0.684. The lowest BCUT2D eigenvalue weighted by Gasteiger charge is -2.26. The molecule has 1 unspecified atom stereocenters. The van der Waals surface area contributed by atoms with E-state index in [0.717, 1.165) is 22.3 Å². The minimum atomic E-state index is -0.911. The maximum Gasteiger partial charge on any atom is 0.407 e. The Kier molecular flexibility index (Phi) is 6.01. The summed E-state index contributed by atoms with van der Waals surface area (Å²) in [5, 5.41) is 12.3. The third-order valence-corrected chi connectivity index (χ3v) is 7.54. The van der Waals surface area contributed by atoms with Gasteiger partial charge in [-0.2, -0.15) is 0 Å². The van der Waals surface area contributed by atoms with Crippen LogP contribution >= 0.6 is 0 Å². The van der Waals surface area contributed by atoms with E-state index in [0.29, 0.717) is 19.6 Å². The fourth-order valence-corrected chi connectivity index (χ4v) is 5.67. The molecule has 3 aliphatic rings. The molecule has 0 aromatic heterocycles. The van der Waals surface area contributed by atoms with Gasteiger partial charge < -0.3 is 24.8 Å². The van der Waals surface area contributed by atoms with Gasteiger partial charge in [-0.25, -0.2) is 4.79 Å². The number of hydrogen-bond acceptors (Lipinski definition) is 5. The molecular formula is C27H30N2O6. The number of carboxylic acids is 1. The van der Waals surface area contributed by atoms with Crippen molar-refractivity contribution in [1.29, 1.82) is 0 Å². The molecule has 8 nitrogen and oxygen atoms in total. The van der Waals surface area contributed by atoms with Crippen molar-refractivity contribution in [2.45, 2.75) is 38.3 Å². The Morgan fingerprint density at radius 1 is 1.09 bits per heavy atom. The summed E-state index contributed by atoms with van der Waals surface area (Å²) in [6.45, 7) is 4.69. The highest BCUT2D eigenvalue weighted by Gasteiger charge is 2.48. The van der Waals surface area contributed by atoms with Crippen LogP contribution in [-0.2, 0) is 19.1 Å². The summed E-state index contributed by atoms with van der Waals surface area (Å²) in [5.74, 6) is -1.89. The van der Waals surface area contributed by atoms with Crippen LogP contribution in [0, 0.1) is 11.3 Å². The number of carbonyl (C=O) groups excluding carboxylic acids is 2. The number of carbonyl (C=O) groups is 3. The second-order valence-electron chi connectivity index (χ2n) is 10.3. The zero-order valence-electron chi connectivity index (χ0n) is 19.9. The number of fused-ring (bicyclic) bond motifs is 3. The summed E-state index contributed by atoms with van der Waals surface area (Å²) in [6, 6.07) is 15.7. The van der Waals surface area contributed by atoms with Gasteiger partial charge in [0.1, 0.15) is 6.61 Å². The second kappa shape index (κ2) is 9.00. The fraction of sp³-hybridized carbons (Fsp3) is 0.444. The normalized spacial score (nSPS) is 24.6. The van der Waals surface area contributed by atoms with E-state index in [-0.39, 0.29) is 25.0 Å². The smallest absolute Gasteiger partial charge is 0.407 e. The largest absolute Gasteiger partial charge is 0.481 e. The van der Waals surface area contributed by atoms with Gasteiger partial charge in [-0.15, -0.1) is 0 Å². The van der Waals surface area contributed by atoms with Crippen LogP contribution in [0.15, 0.2) is 48.5 Å². The molecule has 2 N–H and O–H groups in total. The topological polar surface area (TPSA) is 105 Å². The Morgan fingerprint density at radius 3 is 2.31 bits per heavy atom. The lowest BCUT2D eigenvalue weighted by Crippen LogP contribution is -2.49. The van der Waals surface area contributed by atoms with Crippen molar-refractivity contribution in [2.24, 2.45) is 11.3 Å². The monoisotopic (exact) mass is 478 g/mol. The van der Waals surface area contributed by atoms with Crippen molar-refractivity contribution in [3.63, 3.8) is 0 Å². The van der Waals surface area contributed by atoms with E-state index < -0.39 is 35.5 Å². The average molecular weight is 479 g/mol. The number of hydrogen-bond donors (Lipinski definition) is 2. The standard InChI is InChI=1S/C27H30N2O6/c1-27(2)15-29(13-21(27)25(31)32)24(30)23-22(11-12-34-23)28-26(33)35-14-20-18-9-5-3-7-16(18)17-8-4-6-10-19(17)20/h3-10,20-23H,11-15H2,1-2H3,(H,28,33)(H,31,32)/t21?,22-,23+/m1/s1. The van der Waals surface area contributed by atoms with E-state index in [1.165, 1.54) is 0 Å². The summed E-state index contributed by atoms with van der Waals surface area (Å²) >= 11 is 0. The van der Waals surface area contributed by atoms with Crippen LogP contribution in [0.4, 0.5) is 4.79 Å². The van der Waals surface area contributed by atoms with Crippen molar-refractivity contribution >= 4 is 18.0 Å². The molecule has 0 saturated carbocycles. The number of ether oxygens (including phenoxy) is 2. The Balaban J connectivity index is 1.21. The fourth-order valence-electron chi connectivity index (χ4n) is 5.67. The lowest BCUT2D eigenvalue weighted by atomic mass is 9.82. The van der Waals surface area contributed by atoms with Gasteiger partial charge in [0.15, 0.2) is 6.10 Å². The molecule has 3 atom stereocenters. The molecule has 2 aliphatic heterocycles. The Labute approximate surface area is 204 Å². The van der Waals surface area contributed by atoms with E-state index >= 15 is 0 Å². The first-order valence-corrected chi connectivity index (χ1v) is 12.0. The predicted molar refractivity (Wildman–Crippen MR) is 128 cm³/mol. The highest BCUT2D eigenvalue weighted by atomic mass is 16.6. The zero-order chi connectivity index (χ0) is 24.7. The van der Waals surface area contributed by atoms with E-state index in [9.17, 15) is 19.5 Å². The summed E-state index contributed by atoms with van der Waals surface area (Å²) < 4.78 is 11.3. The Hall–Kier alpha value is -3.39. The maximum absolute atomic E-state index is 13.2. The van der Waals surface area contributed by atoms with Gasteiger partial charge in [0.2, 0.25) is 0 Å². The van der Waals surface area contributed by atoms with E-state index in [4.69, 9.17) is 9.47 Å². The summed E-state index contributed by atoms with van der Waals surface area (Å²) in [6.07, 6.45) is -0.954. The average Bonchev–Trinajstić information content (AvgIpc) is 3.51. The first kappa shape index (κ1) is 23.4. The van der Waals surface area contributed by atoms with Crippen molar-refractivity contribution in [1.82, 2.24) is 10.2 Å². The molecule has 184 valence electrons. The highest BCUT2D eigenvalue weighted by Crippen LogP contribution is 2.44. The Bertz CT molecular complexity index is 1120. The molecule has 0 radical (unpaired) electrons. The van der Waals surface area contributed by atoms with Crippen molar-refractivity contribution in [2.75, 3.05) is 26.3 Å². The van der Waals surface area contributed by atoms with Crippen LogP contribution in [-0.4, -0.2) is 66.4 Å². The molecule has 0 spiro atoms. The molecule has 2 aromatic carbocycles. The van der Waals surface area contributed by atoms with Gasteiger partial charge in [-0.1, -0.05) is 62.4 Å². The second-order valence-corrected chi connectivity index (χ2v) is 10.3. The lowest BCUT2D eigenvalue weighted by molar-refractivity contribution is -0.144. The van der Waals surface area contributed by atoms with Gasteiger partial charge in [0.25, 0.3) is 5.91 Å². The first-order chi connectivity index (χ1) is 16.8. The molecule has 5 rings (SSSR count).